The van der Waals surface area contributed by atoms with Crippen molar-refractivity contribution in [1.82, 2.24) is 20.0 Å². The summed E-state index contributed by atoms with van der Waals surface area (Å²) < 4.78 is 7.22. The summed E-state index contributed by atoms with van der Waals surface area (Å²) in [5, 5.41) is 7.36. The van der Waals surface area contributed by atoms with Crippen LogP contribution in [0.3, 0.4) is 0 Å². The van der Waals surface area contributed by atoms with Gasteiger partial charge in [0.05, 0.1) is 0 Å². The van der Waals surface area contributed by atoms with Crippen molar-refractivity contribution >= 4 is 5.91 Å². The van der Waals surface area contributed by atoms with Gasteiger partial charge in [-0.25, -0.2) is 0 Å². The van der Waals surface area contributed by atoms with Crippen molar-refractivity contribution in [2.75, 3.05) is 0 Å². The number of amides is 1. The average molecular weight is 364 g/mol. The third-order valence-corrected chi connectivity index (χ3v) is 5.37. The van der Waals surface area contributed by atoms with Gasteiger partial charge in [0.25, 0.3) is 5.91 Å². The van der Waals surface area contributed by atoms with Crippen LogP contribution in [0.25, 0.3) is 5.69 Å². The molecule has 0 unspecified atom stereocenters. The van der Waals surface area contributed by atoms with Crippen molar-refractivity contribution in [1.29, 1.82) is 0 Å². The number of carbonyl (C=O) groups is 1. The van der Waals surface area contributed by atoms with Crippen LogP contribution in [0.1, 0.15) is 59.7 Å². The molecule has 0 aliphatic heterocycles. The van der Waals surface area contributed by atoms with E-state index in [1.165, 1.54) is 0 Å². The van der Waals surface area contributed by atoms with Crippen molar-refractivity contribution in [3.63, 3.8) is 0 Å². The number of nitrogens with one attached hydrogen (secondary N) is 1. The van der Waals surface area contributed by atoms with Gasteiger partial charge < -0.3 is 14.4 Å². The van der Waals surface area contributed by atoms with Crippen LogP contribution in [0, 0.1) is 13.8 Å². The number of aryl methyl sites for hydroxylation is 2. The highest BCUT2D eigenvalue weighted by atomic mass is 16.5. The molecule has 1 aromatic carbocycles. The van der Waals surface area contributed by atoms with Crippen LogP contribution in [0.2, 0.25) is 0 Å². The maximum Gasteiger partial charge on any atom is 0.252 e. The minimum absolute atomic E-state index is 0.104. The Balaban J connectivity index is 1.65. The first-order valence-electron chi connectivity index (χ1n) is 9.45. The molecule has 0 atom stereocenters. The highest BCUT2D eigenvalue weighted by molar-refractivity contribution is 5.95. The summed E-state index contributed by atoms with van der Waals surface area (Å²) >= 11 is 0. The first-order valence-corrected chi connectivity index (χ1v) is 9.45. The maximum atomic E-state index is 13.1. The van der Waals surface area contributed by atoms with Gasteiger partial charge in [-0.2, -0.15) is 4.98 Å². The molecule has 1 fully saturated rings. The Hall–Kier alpha value is -2.89. The predicted molar refractivity (Wildman–Crippen MR) is 102 cm³/mol. The maximum absolute atomic E-state index is 13.1. The van der Waals surface area contributed by atoms with Gasteiger partial charge >= 0.3 is 0 Å². The second kappa shape index (κ2) is 7.02. The highest BCUT2D eigenvalue weighted by Gasteiger charge is 2.39. The number of aromatic nitrogens is 3. The minimum atomic E-state index is -0.550. The smallest absolute Gasteiger partial charge is 0.252 e. The van der Waals surface area contributed by atoms with E-state index in [9.17, 15) is 4.79 Å². The molecule has 1 N–H and O–H groups in total. The van der Waals surface area contributed by atoms with Gasteiger partial charge in [-0.3, -0.25) is 4.79 Å². The second-order valence-electron chi connectivity index (χ2n) is 7.33. The topological polar surface area (TPSA) is 73.0 Å². The fraction of sp³-hybridized carbons (Fsp3) is 0.381. The third-order valence-electron chi connectivity index (χ3n) is 5.37. The van der Waals surface area contributed by atoms with E-state index in [-0.39, 0.29) is 5.91 Å². The molecule has 27 heavy (non-hydrogen) atoms. The monoisotopic (exact) mass is 364 g/mol. The van der Waals surface area contributed by atoms with Crippen molar-refractivity contribution in [2.24, 2.45) is 0 Å². The first-order chi connectivity index (χ1) is 13.1. The zero-order valence-corrected chi connectivity index (χ0v) is 15.7. The molecule has 0 bridgehead atoms. The Kier molecular flexibility index (Phi) is 4.56. The standard InChI is InChI=1S/C21H24N4O2/c1-15-8-9-17(14-18(15)25-12-6-7-13-25)19(26)23-21(10-4-3-5-11-21)20-22-16(2)27-24-20/h6-9,12-14H,3-5,10-11H2,1-2H3,(H,23,26). The Bertz CT molecular complexity index is 937. The van der Waals surface area contributed by atoms with Gasteiger partial charge in [-0.15, -0.1) is 0 Å². The third kappa shape index (κ3) is 3.39. The van der Waals surface area contributed by atoms with E-state index >= 15 is 0 Å². The summed E-state index contributed by atoms with van der Waals surface area (Å²) in [6, 6.07) is 9.73. The quantitative estimate of drug-likeness (QED) is 0.757. The summed E-state index contributed by atoms with van der Waals surface area (Å²) in [7, 11) is 0. The Labute approximate surface area is 158 Å². The van der Waals surface area contributed by atoms with E-state index in [2.05, 4.69) is 15.5 Å². The molecule has 0 spiro atoms. The van der Waals surface area contributed by atoms with Crippen LogP contribution in [-0.4, -0.2) is 20.6 Å². The minimum Gasteiger partial charge on any atom is -0.340 e. The summed E-state index contributed by atoms with van der Waals surface area (Å²) in [6.07, 6.45) is 8.86. The molecule has 1 saturated carbocycles. The number of nitrogens with zero attached hydrogens (tertiary/aromatic N) is 3. The van der Waals surface area contributed by atoms with E-state index in [0.717, 1.165) is 43.4 Å². The lowest BCUT2D eigenvalue weighted by Crippen LogP contribution is -2.48. The Morgan fingerprint density at radius 3 is 2.56 bits per heavy atom. The highest BCUT2D eigenvalue weighted by Crippen LogP contribution is 2.36. The molecule has 1 aliphatic carbocycles. The van der Waals surface area contributed by atoms with Gasteiger partial charge in [-0.05, 0) is 49.6 Å². The SMILES string of the molecule is Cc1nc(C2(NC(=O)c3ccc(C)c(-n4cccc4)c3)CCCCC2)no1. The molecular formula is C21H24N4O2. The van der Waals surface area contributed by atoms with Gasteiger partial charge in [-0.1, -0.05) is 30.5 Å². The van der Waals surface area contributed by atoms with Gasteiger partial charge in [0.15, 0.2) is 5.82 Å². The summed E-state index contributed by atoms with van der Waals surface area (Å²) in [5.74, 6) is 1.01. The molecule has 0 saturated heterocycles. The molecule has 4 rings (SSSR count). The lowest BCUT2D eigenvalue weighted by molar-refractivity contribution is 0.0855. The molecule has 2 heterocycles. The summed E-state index contributed by atoms with van der Waals surface area (Å²) in [4.78, 5) is 17.6. The average Bonchev–Trinajstić information content (AvgIpc) is 3.35. The van der Waals surface area contributed by atoms with Crippen LogP contribution < -0.4 is 5.32 Å². The fourth-order valence-corrected chi connectivity index (χ4v) is 3.87. The van der Waals surface area contributed by atoms with E-state index in [1.54, 1.807) is 6.92 Å². The van der Waals surface area contributed by atoms with Crippen LogP contribution in [0.5, 0.6) is 0 Å². The van der Waals surface area contributed by atoms with Gasteiger partial charge in [0.2, 0.25) is 5.89 Å². The normalized spacial score (nSPS) is 16.2. The Morgan fingerprint density at radius 2 is 1.89 bits per heavy atom. The number of rotatable bonds is 4. The molecule has 3 aromatic rings. The number of benzene rings is 1. The van der Waals surface area contributed by atoms with Crippen LogP contribution in [-0.2, 0) is 5.54 Å². The van der Waals surface area contributed by atoms with Crippen LogP contribution in [0.4, 0.5) is 0 Å². The van der Waals surface area contributed by atoms with Crippen molar-refractivity contribution in [2.45, 2.75) is 51.5 Å². The van der Waals surface area contributed by atoms with Crippen LogP contribution >= 0.6 is 0 Å². The fourth-order valence-electron chi connectivity index (χ4n) is 3.87. The van der Waals surface area contributed by atoms with Crippen LogP contribution in [0.15, 0.2) is 47.2 Å². The zero-order valence-electron chi connectivity index (χ0n) is 15.7. The molecule has 6 heteroatoms. The molecular weight excluding hydrogens is 340 g/mol. The second-order valence-corrected chi connectivity index (χ2v) is 7.33. The molecule has 2 aromatic heterocycles. The summed E-state index contributed by atoms with van der Waals surface area (Å²) in [5.41, 5.74) is 2.20. The van der Waals surface area contributed by atoms with Gasteiger partial charge in [0.1, 0.15) is 5.54 Å². The number of carbonyl (C=O) groups excluding carboxylic acids is 1. The molecule has 1 aliphatic rings. The van der Waals surface area contributed by atoms with E-state index in [4.69, 9.17) is 4.52 Å². The van der Waals surface area contributed by atoms with E-state index in [1.807, 2.05) is 54.2 Å². The van der Waals surface area contributed by atoms with E-state index < -0.39 is 5.54 Å². The molecule has 6 nitrogen and oxygen atoms in total. The lowest BCUT2D eigenvalue weighted by atomic mass is 9.80. The summed E-state index contributed by atoms with van der Waals surface area (Å²) in [6.45, 7) is 3.82. The molecule has 140 valence electrons. The lowest BCUT2D eigenvalue weighted by Gasteiger charge is -2.35. The predicted octanol–water partition coefficient (Wildman–Crippen LogP) is 4.07. The van der Waals surface area contributed by atoms with Gasteiger partial charge in [0, 0.05) is 30.6 Å². The zero-order chi connectivity index (χ0) is 18.9. The number of hydrogen-bond donors (Lipinski definition) is 1. The van der Waals surface area contributed by atoms with Crippen molar-refractivity contribution < 1.29 is 9.32 Å². The Morgan fingerprint density at radius 1 is 1.15 bits per heavy atom. The van der Waals surface area contributed by atoms with Crippen molar-refractivity contribution in [3.8, 4) is 5.69 Å². The molecule has 0 radical (unpaired) electrons. The van der Waals surface area contributed by atoms with E-state index in [0.29, 0.717) is 17.3 Å². The van der Waals surface area contributed by atoms with Crippen molar-refractivity contribution in [3.05, 3.63) is 65.6 Å². The number of hydrogen-bond acceptors (Lipinski definition) is 4. The first kappa shape index (κ1) is 17.5. The molecule has 1 amide bonds. The largest absolute Gasteiger partial charge is 0.340 e.